The van der Waals surface area contributed by atoms with Crippen LogP contribution >= 0.6 is 0 Å². The van der Waals surface area contributed by atoms with Crippen LogP contribution in [0.3, 0.4) is 0 Å². The number of hydrogen-bond acceptors (Lipinski definition) is 7. The van der Waals surface area contributed by atoms with Crippen LogP contribution in [0.4, 0.5) is 0 Å². The smallest absolute Gasteiger partial charge is 0.304 e. The highest BCUT2D eigenvalue weighted by molar-refractivity contribution is 5.66. The molecule has 3 unspecified atom stereocenters. The number of ether oxygens (including phenoxy) is 1. The second kappa shape index (κ2) is 14.7. The van der Waals surface area contributed by atoms with Gasteiger partial charge in [0.05, 0.1) is 0 Å². The number of nitrogens with one attached hydrogen (secondary N) is 1. The van der Waals surface area contributed by atoms with Crippen LogP contribution in [0.5, 0.6) is 0 Å². The summed E-state index contributed by atoms with van der Waals surface area (Å²) in [5.41, 5.74) is 11.3. The van der Waals surface area contributed by atoms with Crippen LogP contribution in [0, 0.1) is 28.6 Å². The molecule has 34 heavy (non-hydrogen) atoms. The predicted octanol–water partition coefficient (Wildman–Crippen LogP) is 3.34. The van der Waals surface area contributed by atoms with Crippen LogP contribution in [0.1, 0.15) is 87.0 Å². The number of rotatable bonds is 15. The zero-order valence-corrected chi connectivity index (χ0v) is 23.2. The van der Waals surface area contributed by atoms with Gasteiger partial charge in [-0.1, -0.05) is 54.4 Å². The molecule has 1 aliphatic carbocycles. The highest BCUT2D eigenvalue weighted by atomic mass is 16.6. The monoisotopic (exact) mass is 484 g/mol. The molecule has 1 aliphatic rings. The maximum Gasteiger partial charge on any atom is 0.304 e. The third-order valence-electron chi connectivity index (χ3n) is 8.83. The van der Waals surface area contributed by atoms with Crippen molar-refractivity contribution in [3.05, 3.63) is 0 Å². The molecule has 7 nitrogen and oxygen atoms in total. The van der Waals surface area contributed by atoms with Crippen molar-refractivity contribution in [1.82, 2.24) is 10.2 Å². The van der Waals surface area contributed by atoms with Crippen molar-refractivity contribution in [2.45, 2.75) is 99.3 Å². The molecule has 0 aliphatic heterocycles. The van der Waals surface area contributed by atoms with Crippen molar-refractivity contribution >= 4 is 5.97 Å². The largest absolute Gasteiger partial charge is 0.436 e. The standard InChI is InChI=1S/C27H56N4O3/c1-8-23(25(33)34-21(3)32)27(7,26(4,5)6)13-12-22-10-9-11-24(20(22)2)30-16-19-31(17-14-28)18-15-29/h20,22-25,30,33H,8-19,28-29H2,1-7H3/t20-,22?,23+,24?,25?,27-/m0/s1. The Hall–Kier alpha value is -0.730. The molecular formula is C27H56N4O3. The van der Waals surface area contributed by atoms with E-state index in [9.17, 15) is 9.90 Å². The van der Waals surface area contributed by atoms with E-state index in [0.29, 0.717) is 31.0 Å². The zero-order valence-electron chi connectivity index (χ0n) is 23.2. The van der Waals surface area contributed by atoms with Gasteiger partial charge in [0.15, 0.2) is 0 Å². The first-order chi connectivity index (χ1) is 15.9. The second-order valence-electron chi connectivity index (χ2n) is 11.8. The topological polar surface area (TPSA) is 114 Å². The Bertz CT molecular complexity index is 577. The Kier molecular flexibility index (Phi) is 13.6. The van der Waals surface area contributed by atoms with E-state index in [-0.39, 0.29) is 16.7 Å². The summed E-state index contributed by atoms with van der Waals surface area (Å²) >= 11 is 0. The molecular weight excluding hydrogens is 428 g/mol. The van der Waals surface area contributed by atoms with E-state index >= 15 is 0 Å². The van der Waals surface area contributed by atoms with Crippen LogP contribution in [0.15, 0.2) is 0 Å². The SMILES string of the molecule is CC[C@H](C(O)OC(C)=O)[C@](C)(CCC1CCCC(NCCN(CCN)CCN)[C@H]1C)C(C)(C)C. The first-order valence-electron chi connectivity index (χ1n) is 13.6. The van der Waals surface area contributed by atoms with Gasteiger partial charge < -0.3 is 26.6 Å². The lowest BCUT2D eigenvalue weighted by Gasteiger charge is -2.50. The summed E-state index contributed by atoms with van der Waals surface area (Å²) in [7, 11) is 0. The number of nitrogens with two attached hydrogens (primary N) is 2. The average molecular weight is 485 g/mol. The van der Waals surface area contributed by atoms with Gasteiger partial charge in [0.2, 0.25) is 6.29 Å². The Balaban J connectivity index is 2.80. The minimum absolute atomic E-state index is 0.0280. The lowest BCUT2D eigenvalue weighted by molar-refractivity contribution is -0.194. The Morgan fingerprint density at radius 2 is 1.76 bits per heavy atom. The predicted molar refractivity (Wildman–Crippen MR) is 141 cm³/mol. The van der Waals surface area contributed by atoms with Crippen molar-refractivity contribution in [3.63, 3.8) is 0 Å². The van der Waals surface area contributed by atoms with Gasteiger partial charge in [-0.2, -0.15) is 0 Å². The number of carbonyl (C=O) groups excluding carboxylic acids is 1. The molecule has 0 aromatic heterocycles. The van der Waals surface area contributed by atoms with Crippen LogP contribution in [0.2, 0.25) is 0 Å². The summed E-state index contributed by atoms with van der Waals surface area (Å²) in [5.74, 6) is 0.739. The van der Waals surface area contributed by atoms with E-state index in [2.05, 4.69) is 51.8 Å². The van der Waals surface area contributed by atoms with Gasteiger partial charge in [-0.05, 0) is 48.3 Å². The molecule has 7 heteroatoms. The molecule has 0 aromatic rings. The van der Waals surface area contributed by atoms with Crippen molar-refractivity contribution in [1.29, 1.82) is 0 Å². The van der Waals surface area contributed by atoms with E-state index in [0.717, 1.165) is 45.4 Å². The van der Waals surface area contributed by atoms with E-state index < -0.39 is 12.3 Å². The van der Waals surface area contributed by atoms with Crippen LogP contribution < -0.4 is 16.8 Å². The molecule has 0 aromatic carbocycles. The van der Waals surface area contributed by atoms with Gasteiger partial charge in [0, 0.05) is 58.2 Å². The first-order valence-corrected chi connectivity index (χ1v) is 13.6. The lowest BCUT2D eigenvalue weighted by Crippen LogP contribution is -2.48. The number of hydrogen-bond donors (Lipinski definition) is 4. The second-order valence-corrected chi connectivity index (χ2v) is 11.8. The van der Waals surface area contributed by atoms with Crippen molar-refractivity contribution < 1.29 is 14.6 Å². The van der Waals surface area contributed by atoms with Gasteiger partial charge in [0.1, 0.15) is 0 Å². The highest BCUT2D eigenvalue weighted by Crippen LogP contribution is 2.52. The molecule has 0 amide bonds. The Labute approximate surface area is 209 Å². The van der Waals surface area contributed by atoms with E-state index in [4.69, 9.17) is 16.2 Å². The fourth-order valence-electron chi connectivity index (χ4n) is 6.08. The van der Waals surface area contributed by atoms with Gasteiger partial charge in [-0.3, -0.25) is 9.69 Å². The normalized spacial score (nSPS) is 25.1. The number of nitrogens with zero attached hydrogens (tertiary/aromatic N) is 1. The number of esters is 1. The fourth-order valence-corrected chi connectivity index (χ4v) is 6.08. The van der Waals surface area contributed by atoms with Gasteiger partial charge >= 0.3 is 5.97 Å². The van der Waals surface area contributed by atoms with E-state index in [1.54, 1.807) is 0 Å². The number of aliphatic hydroxyl groups is 1. The summed E-state index contributed by atoms with van der Waals surface area (Å²) in [4.78, 5) is 13.9. The summed E-state index contributed by atoms with van der Waals surface area (Å²) in [6.07, 6.45) is 5.59. The van der Waals surface area contributed by atoms with Crippen molar-refractivity contribution in [2.24, 2.45) is 40.1 Å². The quantitative estimate of drug-likeness (QED) is 0.208. The third kappa shape index (κ3) is 9.05. The summed E-state index contributed by atoms with van der Waals surface area (Å²) in [6, 6.07) is 0.533. The van der Waals surface area contributed by atoms with Gasteiger partial charge in [0.25, 0.3) is 0 Å². The molecule has 0 spiro atoms. The fraction of sp³-hybridized carbons (Fsp3) is 0.963. The van der Waals surface area contributed by atoms with Crippen LogP contribution in [-0.4, -0.2) is 67.6 Å². The van der Waals surface area contributed by atoms with Gasteiger partial charge in [-0.25, -0.2) is 0 Å². The molecule has 6 atom stereocenters. The third-order valence-corrected chi connectivity index (χ3v) is 8.83. The Morgan fingerprint density at radius 1 is 1.15 bits per heavy atom. The first kappa shape index (κ1) is 31.3. The highest BCUT2D eigenvalue weighted by Gasteiger charge is 2.47. The maximum atomic E-state index is 11.5. The molecule has 1 fully saturated rings. The molecule has 1 saturated carbocycles. The van der Waals surface area contributed by atoms with E-state index in [1.165, 1.54) is 26.2 Å². The molecule has 0 radical (unpaired) electrons. The molecule has 1 rings (SSSR count). The van der Waals surface area contributed by atoms with Crippen molar-refractivity contribution in [3.8, 4) is 0 Å². The molecule has 0 bridgehead atoms. The lowest BCUT2D eigenvalue weighted by atomic mass is 9.56. The molecule has 0 heterocycles. The summed E-state index contributed by atoms with van der Waals surface area (Å²) in [6.45, 7) is 19.9. The molecule has 202 valence electrons. The van der Waals surface area contributed by atoms with Crippen molar-refractivity contribution in [2.75, 3.05) is 39.3 Å². The van der Waals surface area contributed by atoms with Crippen LogP contribution in [0.25, 0.3) is 0 Å². The maximum absolute atomic E-state index is 11.5. The minimum atomic E-state index is -1.06. The van der Waals surface area contributed by atoms with Crippen LogP contribution in [-0.2, 0) is 9.53 Å². The molecule has 6 N–H and O–H groups in total. The minimum Gasteiger partial charge on any atom is -0.436 e. The van der Waals surface area contributed by atoms with Gasteiger partial charge in [-0.15, -0.1) is 0 Å². The average Bonchev–Trinajstić information content (AvgIpc) is 2.73. The number of aliphatic hydroxyl groups excluding tert-OH is 1. The van der Waals surface area contributed by atoms with E-state index in [1.807, 2.05) is 0 Å². The Morgan fingerprint density at radius 3 is 2.26 bits per heavy atom. The summed E-state index contributed by atoms with van der Waals surface area (Å²) < 4.78 is 5.26. The molecule has 0 saturated heterocycles. The zero-order chi connectivity index (χ0) is 25.9. The summed E-state index contributed by atoms with van der Waals surface area (Å²) in [5, 5.41) is 14.6. The number of carbonyl (C=O) groups is 1.